The molecule has 6 N–H and O–H groups in total. The maximum absolute atomic E-state index is 12.6. The van der Waals surface area contributed by atoms with Crippen molar-refractivity contribution < 1.29 is 24.5 Å². The van der Waals surface area contributed by atoms with Crippen molar-refractivity contribution in [2.45, 2.75) is 70.6 Å². The number of likely N-dealkylation sites (N-methyl/N-ethyl adjacent to an activating group) is 1. The van der Waals surface area contributed by atoms with E-state index in [0.29, 0.717) is 48.4 Å². The Balaban J connectivity index is 1.44. The highest BCUT2D eigenvalue weighted by Crippen LogP contribution is 2.33. The molecule has 1 aliphatic rings. The average molecular weight is 645 g/mol. The molecule has 3 amide bonds. The number of carbonyl (C=O) groups excluding carboxylic acids is 2. The SMILES string of the molecule is CCNC(=O)C1OC(n2cnc3c(NCC(c4ccccc4)c4ccccc4)nc(CNC(=O)NCCCC(C)C)nc32)C(O)C1O. The highest BCUT2D eigenvalue weighted by molar-refractivity contribution is 5.84. The molecule has 4 atom stereocenters. The Morgan fingerprint density at radius 2 is 1.62 bits per heavy atom. The summed E-state index contributed by atoms with van der Waals surface area (Å²) in [7, 11) is 0. The molecule has 1 fully saturated rings. The second-order valence-electron chi connectivity index (χ2n) is 12.0. The summed E-state index contributed by atoms with van der Waals surface area (Å²) in [6.45, 7) is 7.42. The van der Waals surface area contributed by atoms with Gasteiger partial charge in [-0.05, 0) is 36.8 Å². The Bertz CT molecular complexity index is 1580. The van der Waals surface area contributed by atoms with Gasteiger partial charge in [0.2, 0.25) is 0 Å². The van der Waals surface area contributed by atoms with Gasteiger partial charge in [-0.3, -0.25) is 9.36 Å². The maximum atomic E-state index is 12.6. The molecule has 13 nitrogen and oxygen atoms in total. The first kappa shape index (κ1) is 33.8. The lowest BCUT2D eigenvalue weighted by Crippen LogP contribution is -2.42. The summed E-state index contributed by atoms with van der Waals surface area (Å²) in [4.78, 5) is 39.1. The normalized spacial score (nSPS) is 19.3. The summed E-state index contributed by atoms with van der Waals surface area (Å²) in [5, 5.41) is 33.4. The Hall–Kier alpha value is -4.59. The van der Waals surface area contributed by atoms with Crippen LogP contribution in [0.25, 0.3) is 11.2 Å². The molecular formula is C34H44N8O5. The lowest BCUT2D eigenvalue weighted by atomic mass is 9.91. The van der Waals surface area contributed by atoms with E-state index in [0.717, 1.165) is 24.0 Å². The van der Waals surface area contributed by atoms with E-state index in [1.54, 1.807) is 6.92 Å². The zero-order valence-electron chi connectivity index (χ0n) is 27.0. The fourth-order valence-electron chi connectivity index (χ4n) is 5.66. The number of urea groups is 1. The lowest BCUT2D eigenvalue weighted by Gasteiger charge is -2.20. The van der Waals surface area contributed by atoms with E-state index in [2.05, 4.69) is 69.3 Å². The summed E-state index contributed by atoms with van der Waals surface area (Å²) in [5.41, 5.74) is 2.94. The Morgan fingerprint density at radius 3 is 2.26 bits per heavy atom. The quantitative estimate of drug-likeness (QED) is 0.113. The largest absolute Gasteiger partial charge is 0.387 e. The van der Waals surface area contributed by atoms with Gasteiger partial charge in [0.1, 0.15) is 12.2 Å². The Morgan fingerprint density at radius 1 is 0.936 bits per heavy atom. The van der Waals surface area contributed by atoms with E-state index in [-0.39, 0.29) is 18.5 Å². The average Bonchev–Trinajstić information content (AvgIpc) is 3.63. The van der Waals surface area contributed by atoms with Gasteiger partial charge < -0.3 is 36.2 Å². The van der Waals surface area contributed by atoms with Crippen LogP contribution in [0.4, 0.5) is 10.6 Å². The van der Waals surface area contributed by atoms with Crippen molar-refractivity contribution in [3.05, 3.63) is 83.9 Å². The van der Waals surface area contributed by atoms with Crippen molar-refractivity contribution in [1.82, 2.24) is 35.5 Å². The lowest BCUT2D eigenvalue weighted by molar-refractivity contribution is -0.137. The number of amides is 3. The van der Waals surface area contributed by atoms with E-state index < -0.39 is 30.4 Å². The molecule has 4 unspecified atom stereocenters. The van der Waals surface area contributed by atoms with Crippen LogP contribution in [0.15, 0.2) is 67.0 Å². The molecule has 250 valence electrons. The Kier molecular flexibility index (Phi) is 11.4. The van der Waals surface area contributed by atoms with E-state index >= 15 is 0 Å². The minimum absolute atomic E-state index is 0.0179. The number of fused-ring (bicyclic) bond motifs is 1. The van der Waals surface area contributed by atoms with Gasteiger partial charge in [-0.1, -0.05) is 74.5 Å². The van der Waals surface area contributed by atoms with Crippen LogP contribution in [-0.2, 0) is 16.1 Å². The summed E-state index contributed by atoms with van der Waals surface area (Å²) < 4.78 is 7.35. The number of aromatic nitrogens is 4. The van der Waals surface area contributed by atoms with Gasteiger partial charge in [0.25, 0.3) is 5.91 Å². The second-order valence-corrected chi connectivity index (χ2v) is 12.0. The van der Waals surface area contributed by atoms with Crippen LogP contribution < -0.4 is 21.3 Å². The first-order chi connectivity index (χ1) is 22.8. The number of anilines is 1. The van der Waals surface area contributed by atoms with Gasteiger partial charge in [-0.2, -0.15) is 0 Å². The number of aliphatic hydroxyl groups excluding tert-OH is 2. The van der Waals surface area contributed by atoms with Gasteiger partial charge >= 0.3 is 6.03 Å². The first-order valence-corrected chi connectivity index (χ1v) is 16.1. The topological polar surface area (TPSA) is 176 Å². The molecule has 0 aliphatic carbocycles. The minimum Gasteiger partial charge on any atom is -0.387 e. The highest BCUT2D eigenvalue weighted by Gasteiger charge is 2.47. The number of imidazole rings is 1. The van der Waals surface area contributed by atoms with Crippen LogP contribution in [-0.4, -0.2) is 79.6 Å². The van der Waals surface area contributed by atoms with Gasteiger partial charge in [0, 0.05) is 25.6 Å². The number of hydrogen-bond donors (Lipinski definition) is 6. The number of carbonyl (C=O) groups is 2. The second kappa shape index (κ2) is 15.8. The number of nitrogens with one attached hydrogen (secondary N) is 4. The predicted octanol–water partition coefficient (Wildman–Crippen LogP) is 3.06. The van der Waals surface area contributed by atoms with E-state index in [4.69, 9.17) is 9.72 Å². The zero-order valence-corrected chi connectivity index (χ0v) is 27.0. The van der Waals surface area contributed by atoms with Crippen molar-refractivity contribution in [3.63, 3.8) is 0 Å². The maximum Gasteiger partial charge on any atom is 0.315 e. The monoisotopic (exact) mass is 644 g/mol. The molecule has 5 rings (SSSR count). The van der Waals surface area contributed by atoms with Crippen LogP contribution in [0.3, 0.4) is 0 Å². The van der Waals surface area contributed by atoms with Crippen molar-refractivity contribution >= 4 is 28.9 Å². The van der Waals surface area contributed by atoms with Crippen LogP contribution >= 0.6 is 0 Å². The fraction of sp³-hybridized carbons (Fsp3) is 0.441. The van der Waals surface area contributed by atoms with Crippen molar-refractivity contribution in [3.8, 4) is 0 Å². The third-order valence-electron chi connectivity index (χ3n) is 8.12. The summed E-state index contributed by atoms with van der Waals surface area (Å²) >= 11 is 0. The van der Waals surface area contributed by atoms with Gasteiger partial charge in [-0.25, -0.2) is 19.7 Å². The smallest absolute Gasteiger partial charge is 0.315 e. The molecule has 0 bridgehead atoms. The fourth-order valence-corrected chi connectivity index (χ4v) is 5.66. The molecule has 0 spiro atoms. The molecule has 1 saturated heterocycles. The van der Waals surface area contributed by atoms with Gasteiger partial charge in [-0.15, -0.1) is 0 Å². The van der Waals surface area contributed by atoms with Crippen LogP contribution in [0.1, 0.15) is 62.7 Å². The summed E-state index contributed by atoms with van der Waals surface area (Å²) in [5.74, 6) is 0.728. The highest BCUT2D eigenvalue weighted by atomic mass is 16.6. The Labute approximate surface area is 274 Å². The van der Waals surface area contributed by atoms with Crippen molar-refractivity contribution in [2.24, 2.45) is 5.92 Å². The van der Waals surface area contributed by atoms with E-state index in [1.165, 1.54) is 10.9 Å². The molecule has 4 aromatic rings. The minimum atomic E-state index is -1.46. The van der Waals surface area contributed by atoms with Gasteiger partial charge in [0.15, 0.2) is 35.1 Å². The molecule has 47 heavy (non-hydrogen) atoms. The van der Waals surface area contributed by atoms with Crippen LogP contribution in [0, 0.1) is 5.92 Å². The van der Waals surface area contributed by atoms with E-state index in [9.17, 15) is 19.8 Å². The number of benzene rings is 2. The molecule has 0 radical (unpaired) electrons. The molecular weight excluding hydrogens is 600 g/mol. The van der Waals surface area contributed by atoms with Crippen molar-refractivity contribution in [1.29, 1.82) is 0 Å². The third kappa shape index (κ3) is 8.23. The third-order valence-corrected chi connectivity index (χ3v) is 8.12. The van der Waals surface area contributed by atoms with Crippen LogP contribution in [0.2, 0.25) is 0 Å². The first-order valence-electron chi connectivity index (χ1n) is 16.1. The standard InChI is InChI=1S/C34H44N8O5/c1-4-35-32(45)29-27(43)28(44)33(47-29)42-20-39-26-30(37-18-24(22-13-7-5-8-14-22)23-15-9-6-10-16-23)40-25(41-31(26)42)19-38-34(46)36-17-11-12-21(2)3/h5-10,13-16,20-21,24,27-29,33,43-44H,4,11-12,17-19H2,1-3H3,(H,35,45)(H2,36,38,46)(H,37,40,41). The predicted molar refractivity (Wildman–Crippen MR) is 177 cm³/mol. The number of nitrogens with zero attached hydrogens (tertiary/aromatic N) is 4. The van der Waals surface area contributed by atoms with Crippen LogP contribution in [0.5, 0.6) is 0 Å². The van der Waals surface area contributed by atoms with Crippen molar-refractivity contribution in [2.75, 3.05) is 25.0 Å². The number of hydrogen-bond acceptors (Lipinski definition) is 9. The number of ether oxygens (including phenoxy) is 1. The van der Waals surface area contributed by atoms with E-state index in [1.807, 2.05) is 36.4 Å². The molecule has 0 saturated carbocycles. The number of rotatable bonds is 14. The van der Waals surface area contributed by atoms with Gasteiger partial charge in [0.05, 0.1) is 12.9 Å². The molecule has 3 heterocycles. The molecule has 2 aromatic carbocycles. The summed E-state index contributed by atoms with van der Waals surface area (Å²) in [6.07, 6.45) is -1.97. The number of aliphatic hydroxyl groups is 2. The molecule has 1 aliphatic heterocycles. The molecule has 13 heteroatoms. The molecule has 2 aromatic heterocycles. The zero-order chi connectivity index (χ0) is 33.3. The summed E-state index contributed by atoms with van der Waals surface area (Å²) in [6, 6.07) is 19.9.